The molecule has 102 valence electrons. The van der Waals surface area contributed by atoms with Crippen LogP contribution in [0, 0.1) is 13.8 Å². The lowest BCUT2D eigenvalue weighted by molar-refractivity contribution is -0.137. The number of carboxylic acid groups (broad SMARTS) is 1. The highest BCUT2D eigenvalue weighted by atomic mass is 16.4. The highest BCUT2D eigenvalue weighted by Gasteiger charge is 2.33. The molecular weight excluding hydrogens is 244 g/mol. The summed E-state index contributed by atoms with van der Waals surface area (Å²) in [6.07, 6.45) is 1.77. The molecule has 0 atom stereocenters. The third-order valence-electron chi connectivity index (χ3n) is 3.31. The standard InChI is InChI=1S/C14H18N2O3/c1-9-3-4-11(7-10(9)2)15-14(19)16(8-13(17)18)12-5-6-12/h3-4,7,12H,5-6,8H2,1-2H3,(H,15,19)(H,17,18). The van der Waals surface area contributed by atoms with Crippen molar-refractivity contribution in [2.45, 2.75) is 32.7 Å². The second-order valence-corrected chi connectivity index (χ2v) is 4.98. The maximum Gasteiger partial charge on any atom is 0.323 e. The lowest BCUT2D eigenvalue weighted by Crippen LogP contribution is -2.40. The highest BCUT2D eigenvalue weighted by Crippen LogP contribution is 2.27. The lowest BCUT2D eigenvalue weighted by atomic mass is 10.1. The maximum absolute atomic E-state index is 12.1. The van der Waals surface area contributed by atoms with E-state index in [1.54, 1.807) is 0 Å². The highest BCUT2D eigenvalue weighted by molar-refractivity contribution is 5.91. The number of hydrogen-bond donors (Lipinski definition) is 2. The Balaban J connectivity index is 2.05. The first kappa shape index (κ1) is 13.4. The van der Waals surface area contributed by atoms with Gasteiger partial charge in [-0.15, -0.1) is 0 Å². The van der Waals surface area contributed by atoms with Crippen molar-refractivity contribution in [1.82, 2.24) is 4.90 Å². The Morgan fingerprint density at radius 3 is 2.53 bits per heavy atom. The van der Waals surface area contributed by atoms with Gasteiger partial charge < -0.3 is 15.3 Å². The molecule has 1 aromatic rings. The van der Waals surface area contributed by atoms with E-state index in [0.717, 1.165) is 24.0 Å². The summed E-state index contributed by atoms with van der Waals surface area (Å²) in [4.78, 5) is 24.2. The van der Waals surface area contributed by atoms with Crippen LogP contribution in [0.15, 0.2) is 18.2 Å². The second kappa shape index (κ2) is 5.30. The normalized spacial score (nSPS) is 14.0. The van der Waals surface area contributed by atoms with Crippen LogP contribution in [0.1, 0.15) is 24.0 Å². The quantitative estimate of drug-likeness (QED) is 0.875. The number of carboxylic acids is 1. The lowest BCUT2D eigenvalue weighted by Gasteiger charge is -2.21. The zero-order valence-electron chi connectivity index (χ0n) is 11.1. The van der Waals surface area contributed by atoms with Crippen molar-refractivity contribution >= 4 is 17.7 Å². The molecule has 0 aliphatic heterocycles. The van der Waals surface area contributed by atoms with Crippen LogP contribution in [0.3, 0.4) is 0 Å². The molecule has 1 aliphatic carbocycles. The summed E-state index contributed by atoms with van der Waals surface area (Å²) in [6.45, 7) is 3.73. The molecular formula is C14H18N2O3. The van der Waals surface area contributed by atoms with Gasteiger partial charge in [0.15, 0.2) is 0 Å². The zero-order chi connectivity index (χ0) is 14.0. The van der Waals surface area contributed by atoms with Gasteiger partial charge in [-0.3, -0.25) is 4.79 Å². The Morgan fingerprint density at radius 1 is 1.32 bits per heavy atom. The smallest absolute Gasteiger partial charge is 0.323 e. The molecule has 1 saturated carbocycles. The molecule has 5 heteroatoms. The second-order valence-electron chi connectivity index (χ2n) is 4.98. The minimum absolute atomic E-state index is 0.0719. The van der Waals surface area contributed by atoms with E-state index in [9.17, 15) is 9.59 Å². The Morgan fingerprint density at radius 2 is 2.00 bits per heavy atom. The van der Waals surface area contributed by atoms with Gasteiger partial charge in [-0.1, -0.05) is 6.07 Å². The molecule has 2 N–H and O–H groups in total. The van der Waals surface area contributed by atoms with Crippen molar-refractivity contribution in [1.29, 1.82) is 0 Å². The number of nitrogens with zero attached hydrogens (tertiary/aromatic N) is 1. The van der Waals surface area contributed by atoms with E-state index in [-0.39, 0.29) is 18.6 Å². The average Bonchev–Trinajstić information content (AvgIpc) is 3.14. The number of benzene rings is 1. The predicted molar refractivity (Wildman–Crippen MR) is 72.3 cm³/mol. The van der Waals surface area contributed by atoms with Crippen molar-refractivity contribution < 1.29 is 14.7 Å². The van der Waals surface area contributed by atoms with E-state index in [2.05, 4.69) is 5.32 Å². The largest absolute Gasteiger partial charge is 0.480 e. The van der Waals surface area contributed by atoms with Crippen LogP contribution in [-0.4, -0.2) is 34.6 Å². The minimum Gasteiger partial charge on any atom is -0.480 e. The van der Waals surface area contributed by atoms with E-state index >= 15 is 0 Å². The van der Waals surface area contributed by atoms with Gasteiger partial charge in [0.05, 0.1) is 0 Å². The van der Waals surface area contributed by atoms with Gasteiger partial charge >= 0.3 is 12.0 Å². The molecule has 1 aliphatic rings. The van der Waals surface area contributed by atoms with Crippen molar-refractivity contribution in [3.05, 3.63) is 29.3 Å². The zero-order valence-corrected chi connectivity index (χ0v) is 11.1. The minimum atomic E-state index is -0.984. The van der Waals surface area contributed by atoms with E-state index < -0.39 is 5.97 Å². The van der Waals surface area contributed by atoms with Crippen LogP contribution in [-0.2, 0) is 4.79 Å². The van der Waals surface area contributed by atoms with Crippen LogP contribution in [0.25, 0.3) is 0 Å². The Bertz CT molecular complexity index is 509. The maximum atomic E-state index is 12.1. The van der Waals surface area contributed by atoms with Gasteiger partial charge in [-0.05, 0) is 49.9 Å². The SMILES string of the molecule is Cc1ccc(NC(=O)N(CC(=O)O)C2CC2)cc1C. The third kappa shape index (κ3) is 3.47. The molecule has 5 nitrogen and oxygen atoms in total. The van der Waals surface area contributed by atoms with Gasteiger partial charge in [0.1, 0.15) is 6.54 Å². The summed E-state index contributed by atoms with van der Waals surface area (Å²) in [7, 11) is 0. The molecule has 0 aromatic heterocycles. The number of anilines is 1. The number of carbonyl (C=O) groups is 2. The number of carbonyl (C=O) groups excluding carboxylic acids is 1. The van der Waals surface area contributed by atoms with Gasteiger partial charge in [0.25, 0.3) is 0 Å². The van der Waals surface area contributed by atoms with Gasteiger partial charge in [0, 0.05) is 11.7 Å². The number of amides is 2. The molecule has 1 aromatic carbocycles. The average molecular weight is 262 g/mol. The van der Waals surface area contributed by atoms with Crippen LogP contribution in [0.2, 0.25) is 0 Å². The van der Waals surface area contributed by atoms with Crippen LogP contribution < -0.4 is 5.32 Å². The Kier molecular flexibility index (Phi) is 3.74. The first-order valence-electron chi connectivity index (χ1n) is 6.34. The van der Waals surface area contributed by atoms with Crippen molar-refractivity contribution in [2.75, 3.05) is 11.9 Å². The van der Waals surface area contributed by atoms with Crippen molar-refractivity contribution in [3.8, 4) is 0 Å². The first-order valence-corrected chi connectivity index (χ1v) is 6.34. The van der Waals surface area contributed by atoms with Gasteiger partial charge in [-0.25, -0.2) is 4.79 Å². The first-order chi connectivity index (χ1) is 8.97. The fourth-order valence-electron chi connectivity index (χ4n) is 1.91. The predicted octanol–water partition coefficient (Wildman–Crippen LogP) is 2.38. The molecule has 0 bridgehead atoms. The molecule has 0 saturated heterocycles. The third-order valence-corrected chi connectivity index (χ3v) is 3.31. The Labute approximate surface area is 112 Å². The monoisotopic (exact) mass is 262 g/mol. The summed E-state index contributed by atoms with van der Waals surface area (Å²) in [5.74, 6) is -0.984. The van der Waals surface area contributed by atoms with Crippen molar-refractivity contribution in [2.24, 2.45) is 0 Å². The molecule has 2 rings (SSSR count). The topological polar surface area (TPSA) is 69.6 Å². The van der Waals surface area contributed by atoms with E-state index in [0.29, 0.717) is 5.69 Å². The fourth-order valence-corrected chi connectivity index (χ4v) is 1.91. The molecule has 2 amide bonds. The van der Waals surface area contributed by atoms with Crippen LogP contribution in [0.5, 0.6) is 0 Å². The number of nitrogens with one attached hydrogen (secondary N) is 1. The molecule has 19 heavy (non-hydrogen) atoms. The van der Waals surface area contributed by atoms with E-state index in [1.807, 2.05) is 32.0 Å². The summed E-state index contributed by atoms with van der Waals surface area (Å²) in [5, 5.41) is 11.6. The number of hydrogen-bond acceptors (Lipinski definition) is 2. The summed E-state index contributed by atoms with van der Waals surface area (Å²) >= 11 is 0. The van der Waals surface area contributed by atoms with E-state index in [1.165, 1.54) is 4.90 Å². The van der Waals surface area contributed by atoms with Crippen LogP contribution in [0.4, 0.5) is 10.5 Å². The Hall–Kier alpha value is -2.04. The number of rotatable bonds is 4. The van der Waals surface area contributed by atoms with Gasteiger partial charge in [0.2, 0.25) is 0 Å². The summed E-state index contributed by atoms with van der Waals surface area (Å²) in [6, 6.07) is 5.38. The van der Waals surface area contributed by atoms with Crippen LogP contribution >= 0.6 is 0 Å². The molecule has 1 fully saturated rings. The van der Waals surface area contributed by atoms with Gasteiger partial charge in [-0.2, -0.15) is 0 Å². The molecule has 0 spiro atoms. The number of urea groups is 1. The molecule has 0 heterocycles. The number of aliphatic carboxylic acids is 1. The number of aryl methyl sites for hydroxylation is 2. The fraction of sp³-hybridized carbons (Fsp3) is 0.429. The summed E-state index contributed by atoms with van der Waals surface area (Å²) < 4.78 is 0. The van der Waals surface area contributed by atoms with Crippen molar-refractivity contribution in [3.63, 3.8) is 0 Å². The molecule has 0 radical (unpaired) electrons. The summed E-state index contributed by atoms with van der Waals surface area (Å²) in [5.41, 5.74) is 2.95. The van der Waals surface area contributed by atoms with E-state index in [4.69, 9.17) is 5.11 Å². The molecule has 0 unspecified atom stereocenters.